The van der Waals surface area contributed by atoms with Gasteiger partial charge >= 0.3 is 0 Å². The number of hydrogen-bond donors (Lipinski definition) is 2. The molecule has 132 valence electrons. The Balaban J connectivity index is 1.48. The standard InChI is InChI=1S/C19H20BrClN2O2/c20-18-7-16(21)4-1-15(18)12-25-17-5-2-14(3-6-17)19(24)11-23-10-13-8-22-9-13/h1-7,13,22-23H,8-12H2. The topological polar surface area (TPSA) is 50.4 Å². The minimum atomic E-state index is 0.0966. The summed E-state index contributed by atoms with van der Waals surface area (Å²) >= 11 is 9.41. The highest BCUT2D eigenvalue weighted by atomic mass is 79.9. The molecular formula is C19H20BrClN2O2. The van der Waals surface area contributed by atoms with Crippen LogP contribution in [0.4, 0.5) is 0 Å². The predicted molar refractivity (Wildman–Crippen MR) is 103 cm³/mol. The Kier molecular flexibility index (Phi) is 6.48. The number of carbonyl (C=O) groups is 1. The summed E-state index contributed by atoms with van der Waals surface area (Å²) in [6.07, 6.45) is 0. The molecule has 3 rings (SSSR count). The van der Waals surface area contributed by atoms with Gasteiger partial charge in [0.05, 0.1) is 6.54 Å². The van der Waals surface area contributed by atoms with Gasteiger partial charge in [0, 0.05) is 40.3 Å². The molecule has 2 N–H and O–H groups in total. The fraction of sp³-hybridized carbons (Fsp3) is 0.316. The van der Waals surface area contributed by atoms with E-state index < -0.39 is 0 Å². The van der Waals surface area contributed by atoms with E-state index in [1.54, 1.807) is 12.1 Å². The average Bonchev–Trinajstić information content (AvgIpc) is 2.56. The number of hydrogen-bond acceptors (Lipinski definition) is 4. The van der Waals surface area contributed by atoms with E-state index in [4.69, 9.17) is 16.3 Å². The molecule has 0 atom stereocenters. The first kappa shape index (κ1) is 18.4. The number of halogens is 2. The second-order valence-electron chi connectivity index (χ2n) is 6.13. The number of ether oxygens (including phenoxy) is 1. The van der Waals surface area contributed by atoms with Crippen LogP contribution in [0.1, 0.15) is 15.9 Å². The summed E-state index contributed by atoms with van der Waals surface area (Å²) in [6.45, 7) is 3.76. The summed E-state index contributed by atoms with van der Waals surface area (Å²) in [5.74, 6) is 1.47. The van der Waals surface area contributed by atoms with Crippen LogP contribution in [0.2, 0.25) is 5.02 Å². The largest absolute Gasteiger partial charge is 0.489 e. The van der Waals surface area contributed by atoms with Crippen molar-refractivity contribution in [3.63, 3.8) is 0 Å². The molecule has 2 aromatic carbocycles. The Morgan fingerprint density at radius 1 is 1.24 bits per heavy atom. The molecule has 0 amide bonds. The normalized spacial score (nSPS) is 14.2. The van der Waals surface area contributed by atoms with E-state index in [0.29, 0.717) is 29.7 Å². The van der Waals surface area contributed by atoms with Crippen LogP contribution in [-0.2, 0) is 6.61 Å². The van der Waals surface area contributed by atoms with Crippen molar-refractivity contribution in [1.29, 1.82) is 0 Å². The third-order valence-electron chi connectivity index (χ3n) is 4.17. The zero-order chi connectivity index (χ0) is 17.6. The second kappa shape index (κ2) is 8.81. The van der Waals surface area contributed by atoms with E-state index >= 15 is 0 Å². The first-order chi connectivity index (χ1) is 12.1. The van der Waals surface area contributed by atoms with Crippen LogP contribution in [0, 0.1) is 5.92 Å². The smallest absolute Gasteiger partial charge is 0.176 e. The van der Waals surface area contributed by atoms with Gasteiger partial charge in [-0.2, -0.15) is 0 Å². The monoisotopic (exact) mass is 422 g/mol. The maximum absolute atomic E-state index is 12.2. The number of Topliss-reactive ketones (excluding diaryl/α,β-unsaturated/α-hetero) is 1. The molecule has 2 aromatic rings. The first-order valence-electron chi connectivity index (χ1n) is 8.23. The molecule has 1 aliphatic rings. The van der Waals surface area contributed by atoms with Gasteiger partial charge in [0.1, 0.15) is 12.4 Å². The summed E-state index contributed by atoms with van der Waals surface area (Å²) in [7, 11) is 0. The molecule has 0 aromatic heterocycles. The van der Waals surface area contributed by atoms with Gasteiger partial charge in [-0.25, -0.2) is 0 Å². The Hall–Kier alpha value is -1.40. The molecule has 1 aliphatic heterocycles. The number of rotatable bonds is 8. The van der Waals surface area contributed by atoms with Gasteiger partial charge in [-0.15, -0.1) is 0 Å². The highest BCUT2D eigenvalue weighted by Crippen LogP contribution is 2.23. The summed E-state index contributed by atoms with van der Waals surface area (Å²) in [5.41, 5.74) is 1.71. The van der Waals surface area contributed by atoms with E-state index in [-0.39, 0.29) is 5.78 Å². The fourth-order valence-corrected chi connectivity index (χ4v) is 3.32. The lowest BCUT2D eigenvalue weighted by Gasteiger charge is -2.27. The molecule has 0 aliphatic carbocycles. The van der Waals surface area contributed by atoms with Crippen LogP contribution in [0.3, 0.4) is 0 Å². The molecule has 1 saturated heterocycles. The van der Waals surface area contributed by atoms with E-state index in [1.807, 2.05) is 30.3 Å². The molecule has 0 saturated carbocycles. The van der Waals surface area contributed by atoms with Crippen molar-refractivity contribution in [2.45, 2.75) is 6.61 Å². The van der Waals surface area contributed by atoms with Crippen molar-refractivity contribution in [2.24, 2.45) is 5.92 Å². The van der Waals surface area contributed by atoms with Gasteiger partial charge < -0.3 is 15.4 Å². The van der Waals surface area contributed by atoms with Crippen LogP contribution in [0.15, 0.2) is 46.9 Å². The molecular weight excluding hydrogens is 404 g/mol. The van der Waals surface area contributed by atoms with Gasteiger partial charge in [-0.3, -0.25) is 4.79 Å². The Labute approximate surface area is 161 Å². The van der Waals surface area contributed by atoms with Crippen LogP contribution in [0.5, 0.6) is 5.75 Å². The lowest BCUT2D eigenvalue weighted by molar-refractivity contribution is 0.0988. The number of nitrogens with one attached hydrogen (secondary N) is 2. The third kappa shape index (κ3) is 5.28. The zero-order valence-corrected chi connectivity index (χ0v) is 16.1. The van der Waals surface area contributed by atoms with Crippen LogP contribution >= 0.6 is 27.5 Å². The molecule has 0 radical (unpaired) electrons. The fourth-order valence-electron chi connectivity index (χ4n) is 2.52. The zero-order valence-electron chi connectivity index (χ0n) is 13.7. The molecule has 6 heteroatoms. The van der Waals surface area contributed by atoms with Crippen LogP contribution in [0.25, 0.3) is 0 Å². The maximum Gasteiger partial charge on any atom is 0.176 e. The highest BCUT2D eigenvalue weighted by molar-refractivity contribution is 9.10. The van der Waals surface area contributed by atoms with Crippen molar-refractivity contribution in [1.82, 2.24) is 10.6 Å². The Morgan fingerprint density at radius 2 is 2.00 bits per heavy atom. The van der Waals surface area contributed by atoms with Crippen LogP contribution in [-0.4, -0.2) is 32.0 Å². The second-order valence-corrected chi connectivity index (χ2v) is 7.42. The Morgan fingerprint density at radius 3 is 2.64 bits per heavy atom. The van der Waals surface area contributed by atoms with E-state index in [0.717, 1.165) is 35.4 Å². The lowest BCUT2D eigenvalue weighted by atomic mass is 10.0. The van der Waals surface area contributed by atoms with Gasteiger partial charge in [0.25, 0.3) is 0 Å². The molecule has 1 fully saturated rings. The van der Waals surface area contributed by atoms with Gasteiger partial charge in [-0.05, 0) is 42.3 Å². The average molecular weight is 424 g/mol. The molecule has 0 spiro atoms. The SMILES string of the molecule is O=C(CNCC1CNC1)c1ccc(OCc2ccc(Cl)cc2Br)cc1. The van der Waals surface area contributed by atoms with E-state index in [9.17, 15) is 4.79 Å². The van der Waals surface area contributed by atoms with E-state index in [2.05, 4.69) is 26.6 Å². The quantitative estimate of drug-likeness (QED) is 0.636. The van der Waals surface area contributed by atoms with Crippen molar-refractivity contribution < 1.29 is 9.53 Å². The summed E-state index contributed by atoms with van der Waals surface area (Å²) in [4.78, 5) is 12.2. The Bertz CT molecular complexity index is 733. The van der Waals surface area contributed by atoms with E-state index in [1.165, 1.54) is 0 Å². The molecule has 1 heterocycles. The lowest BCUT2D eigenvalue weighted by Crippen LogP contribution is -2.47. The molecule has 0 unspecified atom stereocenters. The van der Waals surface area contributed by atoms with Gasteiger partial charge in [0.2, 0.25) is 0 Å². The summed E-state index contributed by atoms with van der Waals surface area (Å²) in [5, 5.41) is 7.12. The third-order valence-corrected chi connectivity index (χ3v) is 5.14. The summed E-state index contributed by atoms with van der Waals surface area (Å²) < 4.78 is 6.69. The first-order valence-corrected chi connectivity index (χ1v) is 9.40. The minimum Gasteiger partial charge on any atom is -0.489 e. The van der Waals surface area contributed by atoms with Crippen LogP contribution < -0.4 is 15.4 Å². The molecule has 0 bridgehead atoms. The highest BCUT2D eigenvalue weighted by Gasteiger charge is 2.16. The summed E-state index contributed by atoms with van der Waals surface area (Å²) in [6, 6.07) is 12.9. The van der Waals surface area contributed by atoms with Crippen molar-refractivity contribution in [3.8, 4) is 5.75 Å². The van der Waals surface area contributed by atoms with Crippen molar-refractivity contribution in [2.75, 3.05) is 26.2 Å². The van der Waals surface area contributed by atoms with Crippen molar-refractivity contribution >= 4 is 33.3 Å². The van der Waals surface area contributed by atoms with Gasteiger partial charge in [-0.1, -0.05) is 33.6 Å². The molecule has 4 nitrogen and oxygen atoms in total. The molecule has 25 heavy (non-hydrogen) atoms. The number of carbonyl (C=O) groups excluding carboxylic acids is 1. The minimum absolute atomic E-state index is 0.0966. The number of benzene rings is 2. The predicted octanol–water partition coefficient (Wildman–Crippen LogP) is 3.67. The van der Waals surface area contributed by atoms with Gasteiger partial charge in [0.15, 0.2) is 5.78 Å². The number of ketones is 1. The van der Waals surface area contributed by atoms with Crippen molar-refractivity contribution in [3.05, 3.63) is 63.1 Å². The maximum atomic E-state index is 12.2.